The maximum absolute atomic E-state index is 13.5. The van der Waals surface area contributed by atoms with Crippen LogP contribution in [-0.4, -0.2) is 23.5 Å². The third-order valence-corrected chi connectivity index (χ3v) is 4.36. The van der Waals surface area contributed by atoms with Gasteiger partial charge in [-0.3, -0.25) is 9.59 Å². The van der Waals surface area contributed by atoms with E-state index in [4.69, 9.17) is 0 Å². The average Bonchev–Trinajstić information content (AvgIpc) is 2.48. The molecule has 1 aromatic carbocycles. The fourth-order valence-electron chi connectivity index (χ4n) is 2.89. The SMILES string of the molecule is Cc1c(F)cccc1C(=O)NCC1(C(=O)O)CCCCC1. The number of halogens is 1. The summed E-state index contributed by atoms with van der Waals surface area (Å²) in [4.78, 5) is 23.7. The molecule has 0 aliphatic heterocycles. The first-order valence-electron chi connectivity index (χ1n) is 7.23. The molecule has 5 heteroatoms. The molecule has 0 bridgehead atoms. The van der Waals surface area contributed by atoms with E-state index in [1.54, 1.807) is 6.07 Å². The summed E-state index contributed by atoms with van der Waals surface area (Å²) in [5, 5.41) is 12.1. The molecule has 0 unspecified atom stereocenters. The van der Waals surface area contributed by atoms with E-state index in [0.717, 1.165) is 19.3 Å². The fourth-order valence-corrected chi connectivity index (χ4v) is 2.89. The highest BCUT2D eigenvalue weighted by molar-refractivity contribution is 5.96. The molecule has 4 nitrogen and oxygen atoms in total. The van der Waals surface area contributed by atoms with Crippen LogP contribution in [0, 0.1) is 18.2 Å². The molecular formula is C16H20FNO3. The molecule has 0 saturated heterocycles. The number of hydrogen-bond acceptors (Lipinski definition) is 2. The zero-order chi connectivity index (χ0) is 15.5. The standard InChI is InChI=1S/C16H20FNO3/c1-11-12(6-5-7-13(11)17)14(19)18-10-16(15(20)21)8-3-2-4-9-16/h5-7H,2-4,8-10H2,1H3,(H,18,19)(H,20,21). The maximum atomic E-state index is 13.5. The summed E-state index contributed by atoms with van der Waals surface area (Å²) in [7, 11) is 0. The molecular weight excluding hydrogens is 273 g/mol. The number of carboxylic acids is 1. The molecule has 1 aliphatic rings. The third kappa shape index (κ3) is 3.23. The van der Waals surface area contributed by atoms with Gasteiger partial charge in [0, 0.05) is 12.1 Å². The molecule has 1 aliphatic carbocycles. The van der Waals surface area contributed by atoms with Crippen LogP contribution in [-0.2, 0) is 4.79 Å². The van der Waals surface area contributed by atoms with Crippen LogP contribution >= 0.6 is 0 Å². The zero-order valence-corrected chi connectivity index (χ0v) is 12.1. The van der Waals surface area contributed by atoms with E-state index in [1.165, 1.54) is 19.1 Å². The molecule has 1 saturated carbocycles. The lowest BCUT2D eigenvalue weighted by Gasteiger charge is -2.33. The van der Waals surface area contributed by atoms with Gasteiger partial charge in [0.05, 0.1) is 5.41 Å². The summed E-state index contributed by atoms with van der Waals surface area (Å²) in [6, 6.07) is 4.32. The second kappa shape index (κ2) is 6.24. The highest BCUT2D eigenvalue weighted by atomic mass is 19.1. The van der Waals surface area contributed by atoms with Crippen molar-refractivity contribution in [3.05, 3.63) is 35.1 Å². The second-order valence-corrected chi connectivity index (χ2v) is 5.74. The molecule has 2 rings (SSSR count). The van der Waals surface area contributed by atoms with Gasteiger partial charge >= 0.3 is 5.97 Å². The van der Waals surface area contributed by atoms with E-state index in [0.29, 0.717) is 12.8 Å². The number of carboxylic acid groups (broad SMARTS) is 1. The van der Waals surface area contributed by atoms with Crippen LogP contribution in [0.2, 0.25) is 0 Å². The van der Waals surface area contributed by atoms with Crippen molar-refractivity contribution in [2.45, 2.75) is 39.0 Å². The van der Waals surface area contributed by atoms with Gasteiger partial charge in [-0.25, -0.2) is 4.39 Å². The fraction of sp³-hybridized carbons (Fsp3) is 0.500. The van der Waals surface area contributed by atoms with Crippen molar-refractivity contribution >= 4 is 11.9 Å². The summed E-state index contributed by atoms with van der Waals surface area (Å²) in [5.41, 5.74) is -0.343. The highest BCUT2D eigenvalue weighted by Crippen LogP contribution is 2.36. The summed E-state index contributed by atoms with van der Waals surface area (Å²) >= 11 is 0. The third-order valence-electron chi connectivity index (χ3n) is 4.36. The predicted molar refractivity (Wildman–Crippen MR) is 76.6 cm³/mol. The first kappa shape index (κ1) is 15.5. The van der Waals surface area contributed by atoms with Crippen molar-refractivity contribution in [3.8, 4) is 0 Å². The van der Waals surface area contributed by atoms with E-state index in [1.807, 2.05) is 0 Å². The predicted octanol–water partition coefficient (Wildman–Crippen LogP) is 2.90. The smallest absolute Gasteiger partial charge is 0.311 e. The molecule has 2 N–H and O–H groups in total. The molecule has 0 radical (unpaired) electrons. The van der Waals surface area contributed by atoms with E-state index in [-0.39, 0.29) is 17.7 Å². The maximum Gasteiger partial charge on any atom is 0.311 e. The Kier molecular flexibility index (Phi) is 4.60. The number of carbonyl (C=O) groups is 2. The molecule has 1 amide bonds. The van der Waals surface area contributed by atoms with Crippen LogP contribution < -0.4 is 5.32 Å². The molecule has 21 heavy (non-hydrogen) atoms. The first-order chi connectivity index (χ1) is 9.96. The average molecular weight is 293 g/mol. The van der Waals surface area contributed by atoms with E-state index < -0.39 is 23.1 Å². The Morgan fingerprint density at radius 3 is 2.57 bits per heavy atom. The van der Waals surface area contributed by atoms with Gasteiger partial charge in [-0.1, -0.05) is 25.3 Å². The van der Waals surface area contributed by atoms with Crippen LogP contribution in [0.15, 0.2) is 18.2 Å². The second-order valence-electron chi connectivity index (χ2n) is 5.74. The Labute approximate surface area is 123 Å². The minimum atomic E-state index is -0.880. The molecule has 114 valence electrons. The van der Waals surface area contributed by atoms with Gasteiger partial charge in [0.1, 0.15) is 5.82 Å². The zero-order valence-electron chi connectivity index (χ0n) is 12.1. The lowest BCUT2D eigenvalue weighted by atomic mass is 9.74. The number of benzene rings is 1. The van der Waals surface area contributed by atoms with E-state index in [9.17, 15) is 19.1 Å². The topological polar surface area (TPSA) is 66.4 Å². The highest BCUT2D eigenvalue weighted by Gasteiger charge is 2.39. The number of hydrogen-bond donors (Lipinski definition) is 2. The van der Waals surface area contributed by atoms with Crippen LogP contribution in [0.25, 0.3) is 0 Å². The van der Waals surface area contributed by atoms with Crippen molar-refractivity contribution in [2.24, 2.45) is 5.41 Å². The van der Waals surface area contributed by atoms with Crippen molar-refractivity contribution < 1.29 is 19.1 Å². The number of carbonyl (C=O) groups excluding carboxylic acids is 1. The van der Waals surface area contributed by atoms with Gasteiger partial charge in [0.25, 0.3) is 5.91 Å². The quantitative estimate of drug-likeness (QED) is 0.897. The van der Waals surface area contributed by atoms with Crippen molar-refractivity contribution in [1.82, 2.24) is 5.32 Å². The summed E-state index contributed by atoms with van der Waals surface area (Å²) in [6.45, 7) is 1.63. The Balaban J connectivity index is 2.09. The lowest BCUT2D eigenvalue weighted by molar-refractivity contribution is -0.150. The van der Waals surface area contributed by atoms with Crippen molar-refractivity contribution in [1.29, 1.82) is 0 Å². The summed E-state index contributed by atoms with van der Waals surface area (Å²) in [5.74, 6) is -1.72. The van der Waals surface area contributed by atoms with Gasteiger partial charge in [0.2, 0.25) is 0 Å². The first-order valence-corrected chi connectivity index (χ1v) is 7.23. The van der Waals surface area contributed by atoms with Crippen LogP contribution in [0.5, 0.6) is 0 Å². The lowest BCUT2D eigenvalue weighted by Crippen LogP contribution is -2.44. The van der Waals surface area contributed by atoms with Crippen LogP contribution in [0.3, 0.4) is 0 Å². The van der Waals surface area contributed by atoms with Gasteiger partial charge in [-0.05, 0) is 37.5 Å². The molecule has 1 fully saturated rings. The van der Waals surface area contributed by atoms with Crippen LogP contribution in [0.4, 0.5) is 4.39 Å². The summed E-state index contributed by atoms with van der Waals surface area (Å²) < 4.78 is 13.5. The Morgan fingerprint density at radius 1 is 1.29 bits per heavy atom. The number of amides is 1. The molecule has 0 atom stereocenters. The molecule has 0 spiro atoms. The van der Waals surface area contributed by atoms with Gasteiger partial charge in [0.15, 0.2) is 0 Å². The van der Waals surface area contributed by atoms with Crippen molar-refractivity contribution in [3.63, 3.8) is 0 Å². The number of rotatable bonds is 4. The van der Waals surface area contributed by atoms with Crippen molar-refractivity contribution in [2.75, 3.05) is 6.54 Å². The molecule has 1 aromatic rings. The Hall–Kier alpha value is -1.91. The Morgan fingerprint density at radius 2 is 1.95 bits per heavy atom. The normalized spacial score (nSPS) is 17.2. The van der Waals surface area contributed by atoms with Gasteiger partial charge in [-0.2, -0.15) is 0 Å². The van der Waals surface area contributed by atoms with Crippen LogP contribution in [0.1, 0.15) is 48.0 Å². The molecule has 0 aromatic heterocycles. The van der Waals surface area contributed by atoms with E-state index >= 15 is 0 Å². The molecule has 0 heterocycles. The van der Waals surface area contributed by atoms with Gasteiger partial charge < -0.3 is 10.4 Å². The summed E-state index contributed by atoms with van der Waals surface area (Å²) in [6.07, 6.45) is 3.91. The van der Waals surface area contributed by atoms with Gasteiger partial charge in [-0.15, -0.1) is 0 Å². The largest absolute Gasteiger partial charge is 0.481 e. The number of aliphatic carboxylic acids is 1. The minimum absolute atomic E-state index is 0.0944. The monoisotopic (exact) mass is 293 g/mol. The number of nitrogens with one attached hydrogen (secondary N) is 1. The minimum Gasteiger partial charge on any atom is -0.481 e. The van der Waals surface area contributed by atoms with E-state index in [2.05, 4.69) is 5.32 Å². The Bertz CT molecular complexity index is 550.